The molecule has 0 saturated carbocycles. The van der Waals surface area contributed by atoms with Crippen molar-refractivity contribution in [2.45, 2.75) is 6.92 Å². The van der Waals surface area contributed by atoms with E-state index in [1.807, 2.05) is 0 Å². The lowest BCUT2D eigenvalue weighted by atomic mass is 9.93. The van der Waals surface area contributed by atoms with Crippen molar-refractivity contribution < 1.29 is 0 Å². The number of anilines is 3. The highest BCUT2D eigenvalue weighted by Crippen LogP contribution is 2.45. The smallest absolute Gasteiger partial charge is 0.0546 e. The standard InChI is InChI=1S/C39H29N/c1-28-11-9-18-35(25-28)40(36-19-10-17-33(27-36)29-12-3-2-4-13-29)38-24-23-31-15-7-8-20-37(31)39(38)34-22-21-30-14-5-6-16-32(30)26-34/h2-27H,1H3. The molecule has 0 aliphatic heterocycles. The van der Waals surface area contributed by atoms with Crippen molar-refractivity contribution in [2.24, 2.45) is 0 Å². The molecule has 0 unspecified atom stereocenters. The first-order valence-electron chi connectivity index (χ1n) is 13.8. The molecular formula is C39H29N. The maximum atomic E-state index is 2.41. The van der Waals surface area contributed by atoms with Crippen LogP contribution in [-0.4, -0.2) is 0 Å². The van der Waals surface area contributed by atoms with Crippen LogP contribution in [0.5, 0.6) is 0 Å². The molecule has 0 amide bonds. The van der Waals surface area contributed by atoms with Gasteiger partial charge in [-0.15, -0.1) is 0 Å². The van der Waals surface area contributed by atoms with E-state index in [-0.39, 0.29) is 0 Å². The third kappa shape index (κ3) is 4.42. The summed E-state index contributed by atoms with van der Waals surface area (Å²) in [5, 5.41) is 4.97. The Morgan fingerprint density at radius 3 is 1.88 bits per heavy atom. The molecule has 7 rings (SSSR count). The second-order valence-electron chi connectivity index (χ2n) is 10.3. The molecule has 0 spiro atoms. The fourth-order valence-electron chi connectivity index (χ4n) is 5.74. The first-order chi connectivity index (χ1) is 19.7. The summed E-state index contributed by atoms with van der Waals surface area (Å²) in [6.45, 7) is 2.16. The zero-order chi connectivity index (χ0) is 26.9. The van der Waals surface area contributed by atoms with Gasteiger partial charge in [0.05, 0.1) is 5.69 Å². The molecule has 0 aliphatic rings. The minimum absolute atomic E-state index is 1.13. The summed E-state index contributed by atoms with van der Waals surface area (Å²) in [5.74, 6) is 0. The predicted octanol–water partition coefficient (Wildman–Crippen LogP) is 11.1. The summed E-state index contributed by atoms with van der Waals surface area (Å²) < 4.78 is 0. The lowest BCUT2D eigenvalue weighted by molar-refractivity contribution is 1.28. The van der Waals surface area contributed by atoms with Crippen molar-refractivity contribution in [3.63, 3.8) is 0 Å². The van der Waals surface area contributed by atoms with E-state index in [9.17, 15) is 0 Å². The number of aryl methyl sites for hydroxylation is 1. The Balaban J connectivity index is 1.52. The average molecular weight is 512 g/mol. The predicted molar refractivity (Wildman–Crippen MR) is 172 cm³/mol. The Kier molecular flexibility index (Phi) is 6.11. The first kappa shape index (κ1) is 23.9. The summed E-state index contributed by atoms with van der Waals surface area (Å²) >= 11 is 0. The van der Waals surface area contributed by atoms with Crippen molar-refractivity contribution in [1.29, 1.82) is 0 Å². The van der Waals surface area contributed by atoms with Crippen LogP contribution in [-0.2, 0) is 0 Å². The Morgan fingerprint density at radius 1 is 0.400 bits per heavy atom. The fourth-order valence-corrected chi connectivity index (χ4v) is 5.74. The number of fused-ring (bicyclic) bond motifs is 2. The minimum atomic E-state index is 1.13. The molecule has 0 atom stereocenters. The molecule has 190 valence electrons. The third-order valence-electron chi connectivity index (χ3n) is 7.66. The number of hydrogen-bond donors (Lipinski definition) is 0. The molecule has 40 heavy (non-hydrogen) atoms. The van der Waals surface area contributed by atoms with Crippen LogP contribution in [0.25, 0.3) is 43.8 Å². The van der Waals surface area contributed by atoms with Crippen LogP contribution < -0.4 is 4.90 Å². The van der Waals surface area contributed by atoms with Crippen LogP contribution >= 0.6 is 0 Å². The second kappa shape index (κ2) is 10.2. The van der Waals surface area contributed by atoms with Gasteiger partial charge in [-0.25, -0.2) is 0 Å². The van der Waals surface area contributed by atoms with Crippen molar-refractivity contribution >= 4 is 38.6 Å². The first-order valence-corrected chi connectivity index (χ1v) is 13.8. The van der Waals surface area contributed by atoms with E-state index in [0.717, 1.165) is 17.1 Å². The van der Waals surface area contributed by atoms with E-state index in [1.54, 1.807) is 0 Å². The SMILES string of the molecule is Cc1cccc(N(c2cccc(-c3ccccc3)c2)c2ccc3ccccc3c2-c2ccc3ccccc3c2)c1. The van der Waals surface area contributed by atoms with Crippen molar-refractivity contribution in [1.82, 2.24) is 0 Å². The van der Waals surface area contributed by atoms with E-state index >= 15 is 0 Å². The summed E-state index contributed by atoms with van der Waals surface area (Å²) in [4.78, 5) is 2.41. The highest BCUT2D eigenvalue weighted by molar-refractivity contribution is 6.06. The second-order valence-corrected chi connectivity index (χ2v) is 10.3. The largest absolute Gasteiger partial charge is 0.310 e. The molecule has 0 aromatic heterocycles. The van der Waals surface area contributed by atoms with E-state index < -0.39 is 0 Å². The Labute approximate surface area is 235 Å². The van der Waals surface area contributed by atoms with Gasteiger partial charge in [-0.05, 0) is 87.1 Å². The molecule has 0 N–H and O–H groups in total. The van der Waals surface area contributed by atoms with Crippen LogP contribution in [0.4, 0.5) is 17.1 Å². The van der Waals surface area contributed by atoms with E-state index in [2.05, 4.69) is 170 Å². The van der Waals surface area contributed by atoms with Gasteiger partial charge in [-0.3, -0.25) is 0 Å². The van der Waals surface area contributed by atoms with Crippen LogP contribution in [0.15, 0.2) is 158 Å². The van der Waals surface area contributed by atoms with Crippen molar-refractivity contribution in [2.75, 3.05) is 4.90 Å². The number of benzene rings is 7. The lowest BCUT2D eigenvalue weighted by Crippen LogP contribution is -2.12. The number of hydrogen-bond acceptors (Lipinski definition) is 1. The zero-order valence-corrected chi connectivity index (χ0v) is 22.5. The van der Waals surface area contributed by atoms with Crippen molar-refractivity contribution in [3.8, 4) is 22.3 Å². The van der Waals surface area contributed by atoms with E-state index in [4.69, 9.17) is 0 Å². The highest BCUT2D eigenvalue weighted by atomic mass is 15.1. The maximum Gasteiger partial charge on any atom is 0.0546 e. The maximum absolute atomic E-state index is 2.41. The van der Waals surface area contributed by atoms with Gasteiger partial charge in [0, 0.05) is 16.9 Å². The highest BCUT2D eigenvalue weighted by Gasteiger charge is 2.20. The molecule has 1 heteroatoms. The zero-order valence-electron chi connectivity index (χ0n) is 22.5. The summed E-state index contributed by atoms with van der Waals surface area (Å²) in [5.41, 5.74) is 9.51. The van der Waals surface area contributed by atoms with Gasteiger partial charge in [0.15, 0.2) is 0 Å². The van der Waals surface area contributed by atoms with Gasteiger partial charge < -0.3 is 4.90 Å². The molecule has 7 aromatic rings. The molecule has 0 bridgehead atoms. The van der Waals surface area contributed by atoms with Crippen LogP contribution in [0.2, 0.25) is 0 Å². The quantitative estimate of drug-likeness (QED) is 0.222. The summed E-state index contributed by atoms with van der Waals surface area (Å²) in [6, 6.07) is 57.0. The van der Waals surface area contributed by atoms with E-state index in [0.29, 0.717) is 0 Å². The molecule has 7 aromatic carbocycles. The lowest BCUT2D eigenvalue weighted by Gasteiger charge is -2.29. The van der Waals surface area contributed by atoms with Gasteiger partial charge in [0.25, 0.3) is 0 Å². The van der Waals surface area contributed by atoms with Crippen molar-refractivity contribution in [3.05, 3.63) is 163 Å². The minimum Gasteiger partial charge on any atom is -0.310 e. The number of nitrogens with zero attached hydrogens (tertiary/aromatic N) is 1. The molecule has 0 fully saturated rings. The van der Waals surface area contributed by atoms with Crippen LogP contribution in [0, 0.1) is 6.92 Å². The topological polar surface area (TPSA) is 3.24 Å². The molecule has 0 heterocycles. The van der Waals surface area contributed by atoms with Gasteiger partial charge in [0.2, 0.25) is 0 Å². The molecule has 0 radical (unpaired) electrons. The molecule has 0 aliphatic carbocycles. The third-order valence-corrected chi connectivity index (χ3v) is 7.66. The van der Waals surface area contributed by atoms with Crippen LogP contribution in [0.1, 0.15) is 5.56 Å². The molecule has 1 nitrogen and oxygen atoms in total. The molecular weight excluding hydrogens is 482 g/mol. The normalized spacial score (nSPS) is 11.1. The summed E-state index contributed by atoms with van der Waals surface area (Å²) in [7, 11) is 0. The Morgan fingerprint density at radius 2 is 1.05 bits per heavy atom. The Bertz CT molecular complexity index is 1970. The Hall–Kier alpha value is -5.14. The van der Waals surface area contributed by atoms with Gasteiger partial charge >= 0.3 is 0 Å². The van der Waals surface area contributed by atoms with E-state index in [1.165, 1.54) is 49.4 Å². The van der Waals surface area contributed by atoms with Gasteiger partial charge in [0.1, 0.15) is 0 Å². The fraction of sp³-hybridized carbons (Fsp3) is 0.0256. The molecule has 0 saturated heterocycles. The summed E-state index contributed by atoms with van der Waals surface area (Å²) in [6.07, 6.45) is 0. The van der Waals surface area contributed by atoms with Crippen LogP contribution in [0.3, 0.4) is 0 Å². The number of rotatable bonds is 5. The van der Waals surface area contributed by atoms with Gasteiger partial charge in [-0.1, -0.05) is 121 Å². The average Bonchev–Trinajstić information content (AvgIpc) is 3.01. The monoisotopic (exact) mass is 511 g/mol. The van der Waals surface area contributed by atoms with Gasteiger partial charge in [-0.2, -0.15) is 0 Å².